The summed E-state index contributed by atoms with van der Waals surface area (Å²) in [5, 5.41) is 12.6. The molecule has 0 aromatic heterocycles. The van der Waals surface area contributed by atoms with Gasteiger partial charge in [0.05, 0.1) is 0 Å². The molecule has 2 rings (SSSR count). The molecule has 1 aliphatic rings. The summed E-state index contributed by atoms with van der Waals surface area (Å²) in [6, 6.07) is 6.80. The second kappa shape index (κ2) is 6.57. The van der Waals surface area contributed by atoms with Gasteiger partial charge in [0.2, 0.25) is 0 Å². The van der Waals surface area contributed by atoms with Crippen LogP contribution in [0.3, 0.4) is 0 Å². The fourth-order valence-corrected chi connectivity index (χ4v) is 2.56. The Morgan fingerprint density at radius 3 is 2.74 bits per heavy atom. The molecular weight excluding hydrogens is 240 g/mol. The van der Waals surface area contributed by atoms with Crippen molar-refractivity contribution in [3.63, 3.8) is 0 Å². The Morgan fingerprint density at radius 2 is 2.16 bits per heavy atom. The molecule has 1 aromatic rings. The number of benzene rings is 1. The summed E-state index contributed by atoms with van der Waals surface area (Å²) in [5.41, 5.74) is 0.650. The van der Waals surface area contributed by atoms with Gasteiger partial charge >= 0.3 is 0 Å². The fourth-order valence-electron chi connectivity index (χ4n) is 2.56. The molecule has 1 aromatic carbocycles. The minimum atomic E-state index is 0.0653. The van der Waals surface area contributed by atoms with E-state index in [1.54, 1.807) is 24.3 Å². The van der Waals surface area contributed by atoms with Crippen molar-refractivity contribution in [1.82, 2.24) is 10.2 Å². The van der Waals surface area contributed by atoms with Gasteiger partial charge in [0.15, 0.2) is 0 Å². The molecule has 1 atom stereocenters. The molecule has 2 N–H and O–H groups in total. The predicted octanol–water partition coefficient (Wildman–Crippen LogP) is 2.00. The number of hydrogen-bond donors (Lipinski definition) is 2. The van der Waals surface area contributed by atoms with Crippen molar-refractivity contribution in [3.8, 4) is 5.75 Å². The van der Waals surface area contributed by atoms with Crippen LogP contribution in [0.25, 0.3) is 0 Å². The van der Waals surface area contributed by atoms with Crippen molar-refractivity contribution in [2.24, 2.45) is 0 Å². The minimum absolute atomic E-state index is 0.0653. The molecule has 19 heavy (non-hydrogen) atoms. The number of aromatic hydroxyl groups is 1. The summed E-state index contributed by atoms with van der Waals surface area (Å²) in [5.74, 6) is 0.258. The number of amides is 1. The van der Waals surface area contributed by atoms with E-state index in [0.29, 0.717) is 5.56 Å². The van der Waals surface area contributed by atoms with Crippen molar-refractivity contribution in [2.75, 3.05) is 19.6 Å². The van der Waals surface area contributed by atoms with Crippen LogP contribution in [0.4, 0.5) is 0 Å². The van der Waals surface area contributed by atoms with Crippen molar-refractivity contribution >= 4 is 5.91 Å². The van der Waals surface area contributed by atoms with E-state index in [0.717, 1.165) is 38.9 Å². The maximum absolute atomic E-state index is 12.6. The number of phenols is 1. The van der Waals surface area contributed by atoms with E-state index in [-0.39, 0.29) is 17.7 Å². The highest BCUT2D eigenvalue weighted by atomic mass is 16.3. The number of carbonyl (C=O) groups excluding carboxylic acids is 1. The molecule has 104 valence electrons. The molecule has 1 unspecified atom stereocenters. The van der Waals surface area contributed by atoms with E-state index in [9.17, 15) is 9.90 Å². The highest BCUT2D eigenvalue weighted by molar-refractivity contribution is 5.94. The minimum Gasteiger partial charge on any atom is -0.508 e. The van der Waals surface area contributed by atoms with Gasteiger partial charge < -0.3 is 15.3 Å². The van der Waals surface area contributed by atoms with Crippen molar-refractivity contribution < 1.29 is 9.90 Å². The summed E-state index contributed by atoms with van der Waals surface area (Å²) < 4.78 is 0. The SMILES string of the molecule is CCCN(C(=O)c1ccc(O)cc1)C1CCCNC1. The second-order valence-electron chi connectivity index (χ2n) is 5.05. The molecule has 1 aliphatic heterocycles. The third-order valence-electron chi connectivity index (χ3n) is 3.55. The van der Waals surface area contributed by atoms with Crippen LogP contribution < -0.4 is 5.32 Å². The topological polar surface area (TPSA) is 52.6 Å². The van der Waals surface area contributed by atoms with Crippen LogP contribution in [0.15, 0.2) is 24.3 Å². The summed E-state index contributed by atoms with van der Waals surface area (Å²) in [4.78, 5) is 14.5. The Bertz CT molecular complexity index is 411. The first-order valence-electron chi connectivity index (χ1n) is 7.03. The Kier molecular flexibility index (Phi) is 4.80. The lowest BCUT2D eigenvalue weighted by molar-refractivity contribution is 0.0649. The average Bonchev–Trinajstić information content (AvgIpc) is 2.46. The van der Waals surface area contributed by atoms with E-state index in [2.05, 4.69) is 12.2 Å². The average molecular weight is 262 g/mol. The Labute approximate surface area is 114 Å². The molecule has 0 saturated carbocycles. The van der Waals surface area contributed by atoms with E-state index in [4.69, 9.17) is 0 Å². The molecule has 0 aliphatic carbocycles. The molecule has 1 fully saturated rings. The molecular formula is C15H22N2O2. The number of nitrogens with zero attached hydrogens (tertiary/aromatic N) is 1. The van der Waals surface area contributed by atoms with Crippen LogP contribution in [-0.2, 0) is 0 Å². The number of rotatable bonds is 4. The Morgan fingerprint density at radius 1 is 1.42 bits per heavy atom. The molecule has 0 bridgehead atoms. The largest absolute Gasteiger partial charge is 0.508 e. The molecule has 0 radical (unpaired) electrons. The smallest absolute Gasteiger partial charge is 0.254 e. The predicted molar refractivity (Wildman–Crippen MR) is 75.3 cm³/mol. The van der Waals surface area contributed by atoms with Gasteiger partial charge in [0.25, 0.3) is 5.91 Å². The van der Waals surface area contributed by atoms with Crippen molar-refractivity contribution in [3.05, 3.63) is 29.8 Å². The van der Waals surface area contributed by atoms with Crippen molar-refractivity contribution in [2.45, 2.75) is 32.2 Å². The first kappa shape index (κ1) is 13.9. The number of phenolic OH excluding ortho intramolecular Hbond substituents is 1. The summed E-state index contributed by atoms with van der Waals surface area (Å²) in [6.07, 6.45) is 3.14. The fraction of sp³-hybridized carbons (Fsp3) is 0.533. The van der Waals surface area contributed by atoms with Crippen LogP contribution in [0.1, 0.15) is 36.5 Å². The van der Waals surface area contributed by atoms with E-state index in [1.807, 2.05) is 4.90 Å². The highest BCUT2D eigenvalue weighted by Crippen LogP contribution is 2.17. The number of carbonyl (C=O) groups is 1. The summed E-state index contributed by atoms with van der Waals surface area (Å²) in [6.45, 7) is 4.80. The first-order chi connectivity index (χ1) is 9.22. The van der Waals surface area contributed by atoms with Gasteiger partial charge in [0.1, 0.15) is 5.75 Å². The molecule has 4 nitrogen and oxygen atoms in total. The van der Waals surface area contributed by atoms with Crippen LogP contribution in [0, 0.1) is 0 Å². The van der Waals surface area contributed by atoms with Gasteiger partial charge in [-0.05, 0) is 50.1 Å². The highest BCUT2D eigenvalue weighted by Gasteiger charge is 2.25. The number of piperidine rings is 1. The third kappa shape index (κ3) is 3.47. The molecule has 0 spiro atoms. The second-order valence-corrected chi connectivity index (χ2v) is 5.05. The lowest BCUT2D eigenvalue weighted by Crippen LogP contribution is -2.49. The van der Waals surface area contributed by atoms with Gasteiger partial charge in [0, 0.05) is 24.7 Å². The van der Waals surface area contributed by atoms with Crippen LogP contribution in [-0.4, -0.2) is 41.6 Å². The lowest BCUT2D eigenvalue weighted by atomic mass is 10.0. The van der Waals surface area contributed by atoms with E-state index >= 15 is 0 Å². The first-order valence-corrected chi connectivity index (χ1v) is 7.03. The van der Waals surface area contributed by atoms with Crippen LogP contribution >= 0.6 is 0 Å². The van der Waals surface area contributed by atoms with Crippen LogP contribution in [0.2, 0.25) is 0 Å². The van der Waals surface area contributed by atoms with Gasteiger partial charge in [-0.2, -0.15) is 0 Å². The molecule has 1 heterocycles. The normalized spacial score (nSPS) is 19.1. The number of nitrogens with one attached hydrogen (secondary N) is 1. The summed E-state index contributed by atoms with van der Waals surface area (Å²) >= 11 is 0. The van der Waals surface area contributed by atoms with Gasteiger partial charge in [-0.3, -0.25) is 4.79 Å². The quantitative estimate of drug-likeness (QED) is 0.872. The zero-order chi connectivity index (χ0) is 13.7. The standard InChI is InChI=1S/C15H22N2O2/c1-2-10-17(13-4-3-9-16-11-13)15(19)12-5-7-14(18)8-6-12/h5-8,13,16,18H,2-4,9-11H2,1H3. The third-order valence-corrected chi connectivity index (χ3v) is 3.55. The van der Waals surface area contributed by atoms with Gasteiger partial charge in [-0.15, -0.1) is 0 Å². The maximum Gasteiger partial charge on any atom is 0.254 e. The molecule has 4 heteroatoms. The van der Waals surface area contributed by atoms with E-state index in [1.165, 1.54) is 0 Å². The van der Waals surface area contributed by atoms with Gasteiger partial charge in [-0.25, -0.2) is 0 Å². The van der Waals surface area contributed by atoms with Crippen LogP contribution in [0.5, 0.6) is 5.75 Å². The zero-order valence-electron chi connectivity index (χ0n) is 11.4. The monoisotopic (exact) mass is 262 g/mol. The van der Waals surface area contributed by atoms with Gasteiger partial charge in [-0.1, -0.05) is 6.92 Å². The van der Waals surface area contributed by atoms with E-state index < -0.39 is 0 Å². The summed E-state index contributed by atoms with van der Waals surface area (Å²) in [7, 11) is 0. The number of hydrogen-bond acceptors (Lipinski definition) is 3. The maximum atomic E-state index is 12.6. The van der Waals surface area contributed by atoms with Crippen molar-refractivity contribution in [1.29, 1.82) is 0 Å². The lowest BCUT2D eigenvalue weighted by Gasteiger charge is -2.34. The zero-order valence-corrected chi connectivity index (χ0v) is 11.4. The molecule has 1 saturated heterocycles. The molecule has 1 amide bonds. The Balaban J connectivity index is 2.13. The Hall–Kier alpha value is -1.55.